The number of rotatable bonds is 3. The molecule has 1 N–H and O–H groups in total. The van der Waals surface area contributed by atoms with Gasteiger partial charge in [-0.05, 0) is 13.0 Å². The zero-order valence-corrected chi connectivity index (χ0v) is 11.5. The summed E-state index contributed by atoms with van der Waals surface area (Å²) in [5.41, 5.74) is 0.374. The van der Waals surface area contributed by atoms with E-state index >= 15 is 0 Å². The predicted octanol–water partition coefficient (Wildman–Crippen LogP) is 1.07. The molecule has 1 aliphatic heterocycles. The summed E-state index contributed by atoms with van der Waals surface area (Å²) in [4.78, 5) is 25.0. The lowest BCUT2D eigenvalue weighted by molar-refractivity contribution is -0.133. The van der Waals surface area contributed by atoms with Crippen LogP contribution in [0.4, 0.5) is 4.39 Å². The molecule has 0 saturated carbocycles. The van der Waals surface area contributed by atoms with Gasteiger partial charge in [-0.1, -0.05) is 12.1 Å². The monoisotopic (exact) mass is 280 g/mol. The van der Waals surface area contributed by atoms with E-state index in [-0.39, 0.29) is 37.1 Å². The van der Waals surface area contributed by atoms with Crippen molar-refractivity contribution in [3.05, 3.63) is 29.6 Å². The molecule has 1 aromatic carbocycles. The first-order valence-corrected chi connectivity index (χ1v) is 6.42. The summed E-state index contributed by atoms with van der Waals surface area (Å²) in [5.74, 6) is -0.705. The molecule has 2 amide bonds. The molecule has 1 saturated heterocycles. The normalized spacial score (nSPS) is 19.6. The highest BCUT2D eigenvalue weighted by Crippen LogP contribution is 2.21. The van der Waals surface area contributed by atoms with Crippen LogP contribution in [0.15, 0.2) is 18.2 Å². The van der Waals surface area contributed by atoms with Gasteiger partial charge in [-0.3, -0.25) is 9.59 Å². The summed E-state index contributed by atoms with van der Waals surface area (Å²) in [6.45, 7) is 2.04. The molecule has 1 aromatic rings. The Bertz CT molecular complexity index is 533. The van der Waals surface area contributed by atoms with E-state index in [0.717, 1.165) is 0 Å². The summed E-state index contributed by atoms with van der Waals surface area (Å²) >= 11 is 0. The van der Waals surface area contributed by atoms with Gasteiger partial charge in [-0.15, -0.1) is 0 Å². The van der Waals surface area contributed by atoms with E-state index in [1.54, 1.807) is 19.1 Å². The summed E-state index contributed by atoms with van der Waals surface area (Å²) in [6, 6.07) is 4.22. The third kappa shape index (κ3) is 2.89. The van der Waals surface area contributed by atoms with E-state index in [2.05, 4.69) is 5.32 Å². The average molecular weight is 280 g/mol. The second kappa shape index (κ2) is 5.90. The van der Waals surface area contributed by atoms with Crippen LogP contribution in [0, 0.1) is 5.82 Å². The number of hydrogen-bond donors (Lipinski definition) is 1. The van der Waals surface area contributed by atoms with Crippen LogP contribution in [0.1, 0.15) is 18.9 Å². The maximum atomic E-state index is 14.1. The molecule has 1 unspecified atom stereocenters. The Morgan fingerprint density at radius 1 is 1.45 bits per heavy atom. The molecular formula is C14H17FN2O3. The number of methoxy groups -OCH3 is 1. The predicted molar refractivity (Wildman–Crippen MR) is 70.6 cm³/mol. The highest BCUT2D eigenvalue weighted by atomic mass is 19.1. The first kappa shape index (κ1) is 14.3. The van der Waals surface area contributed by atoms with Crippen molar-refractivity contribution in [3.63, 3.8) is 0 Å². The molecule has 1 atom stereocenters. The van der Waals surface area contributed by atoms with Gasteiger partial charge in [0.1, 0.15) is 6.04 Å². The Kier molecular flexibility index (Phi) is 4.22. The minimum Gasteiger partial charge on any atom is -0.494 e. The topological polar surface area (TPSA) is 58.6 Å². The number of ether oxygens (including phenoxy) is 1. The number of benzene rings is 1. The number of nitrogens with one attached hydrogen (secondary N) is 1. The molecule has 2 rings (SSSR count). The first-order valence-electron chi connectivity index (χ1n) is 6.42. The van der Waals surface area contributed by atoms with Crippen LogP contribution in [0.2, 0.25) is 0 Å². The second-order valence-electron chi connectivity index (χ2n) is 4.73. The lowest BCUT2D eigenvalue weighted by Crippen LogP contribution is -2.42. The van der Waals surface area contributed by atoms with Gasteiger partial charge in [-0.2, -0.15) is 0 Å². The fourth-order valence-corrected chi connectivity index (χ4v) is 2.19. The molecule has 0 aliphatic carbocycles. The van der Waals surface area contributed by atoms with Crippen molar-refractivity contribution >= 4 is 11.8 Å². The lowest BCUT2D eigenvalue weighted by atomic mass is 10.1. The summed E-state index contributed by atoms with van der Waals surface area (Å²) in [6.07, 6.45) is 0.224. The fourth-order valence-electron chi connectivity index (χ4n) is 2.19. The number of nitrogens with zero attached hydrogens (tertiary/aromatic N) is 1. The van der Waals surface area contributed by atoms with Gasteiger partial charge >= 0.3 is 0 Å². The van der Waals surface area contributed by atoms with Gasteiger partial charge in [-0.25, -0.2) is 4.39 Å². The third-order valence-corrected chi connectivity index (χ3v) is 3.29. The van der Waals surface area contributed by atoms with Crippen LogP contribution in [0.25, 0.3) is 0 Å². The Morgan fingerprint density at radius 2 is 2.20 bits per heavy atom. The maximum absolute atomic E-state index is 14.1. The quantitative estimate of drug-likeness (QED) is 0.901. The Hall–Kier alpha value is -2.11. The summed E-state index contributed by atoms with van der Waals surface area (Å²) < 4.78 is 19.0. The molecular weight excluding hydrogens is 263 g/mol. The highest BCUT2D eigenvalue weighted by Gasteiger charge is 2.27. The molecule has 1 fully saturated rings. The lowest BCUT2D eigenvalue weighted by Gasteiger charge is -2.22. The van der Waals surface area contributed by atoms with Crippen molar-refractivity contribution in [1.29, 1.82) is 0 Å². The average Bonchev–Trinajstić information content (AvgIpc) is 2.54. The van der Waals surface area contributed by atoms with Crippen LogP contribution in [0.5, 0.6) is 5.75 Å². The minimum absolute atomic E-state index is 0.126. The van der Waals surface area contributed by atoms with Crippen LogP contribution in [-0.2, 0) is 16.1 Å². The fraction of sp³-hybridized carbons (Fsp3) is 0.429. The number of hydrogen-bond acceptors (Lipinski definition) is 3. The molecule has 6 heteroatoms. The number of amides is 2. The zero-order valence-electron chi connectivity index (χ0n) is 11.5. The van der Waals surface area contributed by atoms with Gasteiger partial charge in [0.25, 0.3) is 0 Å². The van der Waals surface area contributed by atoms with Crippen LogP contribution >= 0.6 is 0 Å². The highest BCUT2D eigenvalue weighted by molar-refractivity contribution is 5.89. The largest absolute Gasteiger partial charge is 0.494 e. The van der Waals surface area contributed by atoms with Crippen molar-refractivity contribution in [2.24, 2.45) is 0 Å². The molecule has 0 bridgehead atoms. The molecule has 0 spiro atoms. The van der Waals surface area contributed by atoms with Crippen LogP contribution in [-0.4, -0.2) is 36.4 Å². The van der Waals surface area contributed by atoms with Gasteiger partial charge in [0.15, 0.2) is 11.6 Å². The minimum atomic E-state index is -0.585. The summed E-state index contributed by atoms with van der Waals surface area (Å²) in [5, 5.41) is 2.60. The SMILES string of the molecule is COc1cccc(CN2CCC(=O)NC(C)C2=O)c1F. The number of carbonyl (C=O) groups excluding carboxylic acids is 2. The smallest absolute Gasteiger partial charge is 0.245 e. The van der Waals surface area contributed by atoms with Gasteiger partial charge in [0.05, 0.1) is 7.11 Å². The van der Waals surface area contributed by atoms with Crippen molar-refractivity contribution < 1.29 is 18.7 Å². The number of carbonyl (C=O) groups is 2. The maximum Gasteiger partial charge on any atom is 0.245 e. The standard InChI is InChI=1S/C14H17FN2O3/c1-9-14(19)17(7-6-12(18)16-9)8-10-4-3-5-11(20-2)13(10)15/h3-5,9H,6-8H2,1-2H3,(H,16,18). The molecule has 5 nitrogen and oxygen atoms in total. The molecule has 108 valence electrons. The van der Waals surface area contributed by atoms with Crippen molar-refractivity contribution in [2.75, 3.05) is 13.7 Å². The molecule has 0 aromatic heterocycles. The first-order chi connectivity index (χ1) is 9.52. The van der Waals surface area contributed by atoms with E-state index in [4.69, 9.17) is 4.74 Å². The van der Waals surface area contributed by atoms with Gasteiger partial charge < -0.3 is 15.0 Å². The Morgan fingerprint density at radius 3 is 2.90 bits per heavy atom. The molecule has 0 radical (unpaired) electrons. The Labute approximate surface area is 116 Å². The second-order valence-corrected chi connectivity index (χ2v) is 4.73. The van der Waals surface area contributed by atoms with E-state index < -0.39 is 11.9 Å². The van der Waals surface area contributed by atoms with Crippen LogP contribution < -0.4 is 10.1 Å². The molecule has 1 aliphatic rings. The zero-order chi connectivity index (χ0) is 14.7. The van der Waals surface area contributed by atoms with Crippen molar-refractivity contribution in [3.8, 4) is 5.75 Å². The van der Waals surface area contributed by atoms with E-state index in [1.807, 2.05) is 0 Å². The van der Waals surface area contributed by atoms with Crippen molar-refractivity contribution in [2.45, 2.75) is 25.9 Å². The van der Waals surface area contributed by atoms with E-state index in [1.165, 1.54) is 18.1 Å². The summed E-state index contributed by atoms with van der Waals surface area (Å²) in [7, 11) is 1.39. The number of halogens is 1. The van der Waals surface area contributed by atoms with E-state index in [9.17, 15) is 14.0 Å². The van der Waals surface area contributed by atoms with Gasteiger partial charge in [0, 0.05) is 25.1 Å². The Balaban J connectivity index is 2.20. The molecule has 20 heavy (non-hydrogen) atoms. The third-order valence-electron chi connectivity index (χ3n) is 3.29. The molecule has 1 heterocycles. The van der Waals surface area contributed by atoms with E-state index in [0.29, 0.717) is 5.56 Å². The van der Waals surface area contributed by atoms with Gasteiger partial charge in [0.2, 0.25) is 11.8 Å². The van der Waals surface area contributed by atoms with Crippen molar-refractivity contribution in [1.82, 2.24) is 10.2 Å². The van der Waals surface area contributed by atoms with Crippen LogP contribution in [0.3, 0.4) is 0 Å².